The number of nitrogen functional groups attached to an aromatic ring is 1. The average molecular weight is 203 g/mol. The number of methoxy groups -OCH3 is 1. The van der Waals surface area contributed by atoms with Gasteiger partial charge in [0, 0.05) is 24.0 Å². The molecule has 0 saturated carbocycles. The van der Waals surface area contributed by atoms with E-state index in [1.165, 1.54) is 7.11 Å². The van der Waals surface area contributed by atoms with E-state index in [4.69, 9.17) is 10.5 Å². The summed E-state index contributed by atoms with van der Waals surface area (Å²) in [5.41, 5.74) is 6.81. The van der Waals surface area contributed by atoms with Crippen LogP contribution in [0.3, 0.4) is 0 Å². The van der Waals surface area contributed by atoms with Gasteiger partial charge in [0.25, 0.3) is 0 Å². The monoisotopic (exact) mass is 203 g/mol. The molecule has 0 radical (unpaired) electrons. The van der Waals surface area contributed by atoms with Crippen molar-refractivity contribution in [1.82, 2.24) is 20.2 Å². The molecule has 2 aromatic rings. The molecular formula is C9H9N5O. The van der Waals surface area contributed by atoms with Gasteiger partial charge < -0.3 is 10.5 Å². The van der Waals surface area contributed by atoms with Crippen LogP contribution in [0.2, 0.25) is 0 Å². The van der Waals surface area contributed by atoms with Crippen LogP contribution in [0, 0.1) is 0 Å². The van der Waals surface area contributed by atoms with Crippen LogP contribution in [0.15, 0.2) is 24.5 Å². The van der Waals surface area contributed by atoms with Crippen LogP contribution < -0.4 is 10.5 Å². The van der Waals surface area contributed by atoms with Crippen molar-refractivity contribution >= 4 is 5.95 Å². The van der Waals surface area contributed by atoms with Gasteiger partial charge in [0.05, 0.1) is 12.8 Å². The van der Waals surface area contributed by atoms with Crippen LogP contribution in [0.1, 0.15) is 0 Å². The van der Waals surface area contributed by atoms with Crippen molar-refractivity contribution in [3.05, 3.63) is 24.5 Å². The van der Waals surface area contributed by atoms with E-state index in [2.05, 4.69) is 20.2 Å². The highest BCUT2D eigenvalue weighted by atomic mass is 16.5. The number of rotatable bonds is 2. The largest absolute Gasteiger partial charge is 0.480 e. The third kappa shape index (κ3) is 1.98. The van der Waals surface area contributed by atoms with Crippen LogP contribution >= 0.6 is 0 Å². The molecule has 76 valence electrons. The Bertz CT molecular complexity index is 439. The maximum Gasteiger partial charge on any atom is 0.233 e. The van der Waals surface area contributed by atoms with Crippen molar-refractivity contribution in [2.45, 2.75) is 0 Å². The summed E-state index contributed by atoms with van der Waals surface area (Å²) >= 11 is 0. The Morgan fingerprint density at radius 3 is 2.40 bits per heavy atom. The standard InChI is InChI=1S/C9H9N5O/c1-15-8-3-2-7(13-14-8)6-4-11-9(10)12-5-6/h2-5H,1H3,(H2,10,11,12). The third-order valence-electron chi connectivity index (χ3n) is 1.82. The molecule has 0 amide bonds. The van der Waals surface area contributed by atoms with E-state index in [9.17, 15) is 0 Å². The highest BCUT2D eigenvalue weighted by molar-refractivity contribution is 5.56. The molecule has 0 aliphatic rings. The fourth-order valence-corrected chi connectivity index (χ4v) is 1.05. The molecular weight excluding hydrogens is 194 g/mol. The molecule has 2 heterocycles. The molecule has 6 nitrogen and oxygen atoms in total. The molecule has 2 N–H and O–H groups in total. The normalized spacial score (nSPS) is 9.93. The Kier molecular flexibility index (Phi) is 2.40. The minimum atomic E-state index is 0.236. The van der Waals surface area contributed by atoms with Gasteiger partial charge in [0.1, 0.15) is 0 Å². The van der Waals surface area contributed by atoms with Gasteiger partial charge in [-0.05, 0) is 6.07 Å². The maximum atomic E-state index is 5.37. The van der Waals surface area contributed by atoms with E-state index in [1.807, 2.05) is 0 Å². The van der Waals surface area contributed by atoms with E-state index < -0.39 is 0 Å². The summed E-state index contributed by atoms with van der Waals surface area (Å²) in [6.07, 6.45) is 3.19. The molecule has 0 fully saturated rings. The van der Waals surface area contributed by atoms with Crippen LogP contribution in [-0.2, 0) is 0 Å². The summed E-state index contributed by atoms with van der Waals surface area (Å²) < 4.78 is 4.90. The molecule has 2 aromatic heterocycles. The molecule has 15 heavy (non-hydrogen) atoms. The summed E-state index contributed by atoms with van der Waals surface area (Å²) in [6.45, 7) is 0. The molecule has 2 rings (SSSR count). The first-order valence-corrected chi connectivity index (χ1v) is 4.25. The zero-order chi connectivity index (χ0) is 10.7. The van der Waals surface area contributed by atoms with E-state index in [0.29, 0.717) is 11.6 Å². The Balaban J connectivity index is 2.33. The quantitative estimate of drug-likeness (QED) is 0.765. The molecule has 0 saturated heterocycles. The highest BCUT2D eigenvalue weighted by Crippen LogP contribution is 2.15. The molecule has 6 heteroatoms. The second-order valence-electron chi connectivity index (χ2n) is 2.79. The van der Waals surface area contributed by atoms with Gasteiger partial charge in [0.2, 0.25) is 11.8 Å². The minimum absolute atomic E-state index is 0.236. The number of hydrogen-bond donors (Lipinski definition) is 1. The lowest BCUT2D eigenvalue weighted by Gasteiger charge is -2.00. The van der Waals surface area contributed by atoms with E-state index >= 15 is 0 Å². The molecule has 0 unspecified atom stereocenters. The van der Waals surface area contributed by atoms with Gasteiger partial charge in [-0.1, -0.05) is 0 Å². The van der Waals surface area contributed by atoms with Crippen LogP contribution in [0.4, 0.5) is 5.95 Å². The SMILES string of the molecule is COc1ccc(-c2cnc(N)nc2)nn1. The van der Waals surface area contributed by atoms with Crippen LogP contribution in [0.25, 0.3) is 11.3 Å². The Labute approximate surface area is 86.2 Å². The molecule has 0 bridgehead atoms. The Morgan fingerprint density at radius 1 is 1.13 bits per heavy atom. The van der Waals surface area contributed by atoms with Gasteiger partial charge in [0.15, 0.2) is 0 Å². The first-order valence-electron chi connectivity index (χ1n) is 4.25. The maximum absolute atomic E-state index is 5.37. The predicted molar refractivity (Wildman–Crippen MR) is 54.0 cm³/mol. The fourth-order valence-electron chi connectivity index (χ4n) is 1.05. The van der Waals surface area contributed by atoms with Crippen LogP contribution in [0.5, 0.6) is 5.88 Å². The summed E-state index contributed by atoms with van der Waals surface area (Å²) in [4.78, 5) is 7.73. The molecule has 0 atom stereocenters. The van der Waals surface area contributed by atoms with Crippen LogP contribution in [-0.4, -0.2) is 27.3 Å². The second kappa shape index (κ2) is 3.87. The van der Waals surface area contributed by atoms with E-state index in [0.717, 1.165) is 5.56 Å². The lowest BCUT2D eigenvalue weighted by Crippen LogP contribution is -1.96. The number of anilines is 1. The molecule has 0 aliphatic heterocycles. The minimum Gasteiger partial charge on any atom is -0.480 e. The summed E-state index contributed by atoms with van der Waals surface area (Å²) in [5, 5.41) is 7.79. The summed E-state index contributed by atoms with van der Waals surface area (Å²) in [6, 6.07) is 3.50. The lowest BCUT2D eigenvalue weighted by molar-refractivity contribution is 0.392. The fraction of sp³-hybridized carbons (Fsp3) is 0.111. The number of aromatic nitrogens is 4. The number of nitrogens with two attached hydrogens (primary N) is 1. The average Bonchev–Trinajstić information content (AvgIpc) is 2.30. The molecule has 0 spiro atoms. The van der Waals surface area contributed by atoms with Crippen molar-refractivity contribution in [2.24, 2.45) is 0 Å². The second-order valence-corrected chi connectivity index (χ2v) is 2.79. The molecule has 0 aliphatic carbocycles. The topological polar surface area (TPSA) is 86.8 Å². The highest BCUT2D eigenvalue weighted by Gasteiger charge is 2.01. The van der Waals surface area contributed by atoms with Gasteiger partial charge >= 0.3 is 0 Å². The first-order chi connectivity index (χ1) is 7.29. The number of ether oxygens (including phenoxy) is 1. The van der Waals surface area contributed by atoms with Crippen molar-refractivity contribution < 1.29 is 4.74 Å². The number of hydrogen-bond acceptors (Lipinski definition) is 6. The van der Waals surface area contributed by atoms with Gasteiger partial charge in [-0.2, -0.15) is 0 Å². The van der Waals surface area contributed by atoms with Gasteiger partial charge in [-0.15, -0.1) is 10.2 Å². The lowest BCUT2D eigenvalue weighted by atomic mass is 10.2. The van der Waals surface area contributed by atoms with Crippen molar-refractivity contribution in [2.75, 3.05) is 12.8 Å². The zero-order valence-corrected chi connectivity index (χ0v) is 8.08. The molecule has 0 aromatic carbocycles. The van der Waals surface area contributed by atoms with Gasteiger partial charge in [-0.3, -0.25) is 0 Å². The third-order valence-corrected chi connectivity index (χ3v) is 1.82. The Hall–Kier alpha value is -2.24. The zero-order valence-electron chi connectivity index (χ0n) is 8.08. The van der Waals surface area contributed by atoms with E-state index in [1.54, 1.807) is 24.5 Å². The van der Waals surface area contributed by atoms with Crippen molar-refractivity contribution in [3.63, 3.8) is 0 Å². The summed E-state index contributed by atoms with van der Waals surface area (Å²) in [5.74, 6) is 0.704. The van der Waals surface area contributed by atoms with Crippen molar-refractivity contribution in [3.8, 4) is 17.1 Å². The Morgan fingerprint density at radius 2 is 1.87 bits per heavy atom. The smallest absolute Gasteiger partial charge is 0.233 e. The van der Waals surface area contributed by atoms with Gasteiger partial charge in [-0.25, -0.2) is 9.97 Å². The van der Waals surface area contributed by atoms with E-state index in [-0.39, 0.29) is 5.95 Å². The van der Waals surface area contributed by atoms with Crippen molar-refractivity contribution in [1.29, 1.82) is 0 Å². The predicted octanol–water partition coefficient (Wildman–Crippen LogP) is 0.524. The first kappa shape index (κ1) is 9.32. The summed E-state index contributed by atoms with van der Waals surface area (Å²) in [7, 11) is 1.54. The number of nitrogens with zero attached hydrogens (tertiary/aromatic N) is 4.